The molecule has 0 aromatic carbocycles. The van der Waals surface area contributed by atoms with Crippen molar-refractivity contribution in [2.24, 2.45) is 0 Å². The van der Waals surface area contributed by atoms with Crippen molar-refractivity contribution < 1.29 is 33.2 Å². The molecule has 0 amide bonds. The van der Waals surface area contributed by atoms with E-state index in [4.69, 9.17) is 33.2 Å². The van der Waals surface area contributed by atoms with E-state index >= 15 is 0 Å². The van der Waals surface area contributed by atoms with E-state index in [2.05, 4.69) is 22.9 Å². The fraction of sp³-hybridized carbons (Fsp3) is 1.00. The van der Waals surface area contributed by atoms with Crippen molar-refractivity contribution in [2.45, 2.75) is 19.8 Å². The highest BCUT2D eigenvalue weighted by molar-refractivity contribution is 9.09. The zero-order valence-corrected chi connectivity index (χ0v) is 17.8. The summed E-state index contributed by atoms with van der Waals surface area (Å²) in [5.74, 6) is 0. The Hall–Kier alpha value is 0.200. The molecule has 0 fully saturated rings. The van der Waals surface area contributed by atoms with Crippen LogP contribution in [-0.4, -0.2) is 97.8 Å². The van der Waals surface area contributed by atoms with Gasteiger partial charge in [-0.25, -0.2) is 0 Å². The summed E-state index contributed by atoms with van der Waals surface area (Å²) in [5, 5.41) is 0.851. The van der Waals surface area contributed by atoms with Gasteiger partial charge in [0, 0.05) is 11.9 Å². The molecule has 0 radical (unpaired) electrons. The molecule has 158 valence electrons. The fourth-order valence-electron chi connectivity index (χ4n) is 1.72. The molecule has 0 aromatic rings. The van der Waals surface area contributed by atoms with Gasteiger partial charge in [0.05, 0.1) is 85.9 Å². The third-order valence-corrected chi connectivity index (χ3v) is 3.42. The first-order valence-corrected chi connectivity index (χ1v) is 10.6. The Morgan fingerprint density at radius 1 is 0.423 bits per heavy atom. The molecule has 0 atom stereocenters. The molecule has 7 nitrogen and oxygen atoms in total. The third kappa shape index (κ3) is 24.2. The largest absolute Gasteiger partial charge is 0.379 e. The lowest BCUT2D eigenvalue weighted by Gasteiger charge is -2.08. The highest BCUT2D eigenvalue weighted by Gasteiger charge is 1.94. The maximum absolute atomic E-state index is 5.41. The molecule has 0 aromatic heterocycles. The topological polar surface area (TPSA) is 64.6 Å². The lowest BCUT2D eigenvalue weighted by molar-refractivity contribution is -0.0201. The zero-order chi connectivity index (χ0) is 19.0. The molecule has 0 saturated heterocycles. The van der Waals surface area contributed by atoms with Gasteiger partial charge in [0.1, 0.15) is 0 Å². The maximum Gasteiger partial charge on any atom is 0.0701 e. The molecule has 0 saturated carbocycles. The second-order valence-electron chi connectivity index (χ2n) is 5.33. The van der Waals surface area contributed by atoms with E-state index in [0.717, 1.165) is 24.8 Å². The summed E-state index contributed by atoms with van der Waals surface area (Å²) < 4.78 is 37.6. The fourth-order valence-corrected chi connectivity index (χ4v) is 1.95. The van der Waals surface area contributed by atoms with Crippen LogP contribution < -0.4 is 0 Å². The van der Waals surface area contributed by atoms with Crippen LogP contribution in [0.25, 0.3) is 0 Å². The van der Waals surface area contributed by atoms with Crippen LogP contribution in [0.3, 0.4) is 0 Å². The van der Waals surface area contributed by atoms with Crippen LogP contribution in [0, 0.1) is 0 Å². The van der Waals surface area contributed by atoms with Crippen LogP contribution >= 0.6 is 15.9 Å². The monoisotopic (exact) mass is 444 g/mol. The van der Waals surface area contributed by atoms with E-state index in [1.54, 1.807) is 0 Å². The van der Waals surface area contributed by atoms with Gasteiger partial charge in [-0.15, -0.1) is 0 Å². The molecular formula is C18H37BrO7. The first-order chi connectivity index (χ1) is 12.9. The van der Waals surface area contributed by atoms with Gasteiger partial charge >= 0.3 is 0 Å². The Balaban J connectivity index is 2.95. The van der Waals surface area contributed by atoms with Crippen LogP contribution in [0.5, 0.6) is 0 Å². The van der Waals surface area contributed by atoms with Crippen molar-refractivity contribution in [2.75, 3.05) is 97.8 Å². The van der Waals surface area contributed by atoms with Crippen molar-refractivity contribution in [3.8, 4) is 0 Å². The van der Waals surface area contributed by atoms with E-state index in [-0.39, 0.29) is 0 Å². The van der Waals surface area contributed by atoms with Gasteiger partial charge in [0.25, 0.3) is 0 Å². The van der Waals surface area contributed by atoms with Gasteiger partial charge in [-0.1, -0.05) is 29.3 Å². The summed E-state index contributed by atoms with van der Waals surface area (Å²) in [6.45, 7) is 10.7. The summed E-state index contributed by atoms with van der Waals surface area (Å²) in [7, 11) is 0. The number of halogens is 1. The predicted molar refractivity (Wildman–Crippen MR) is 104 cm³/mol. The number of hydrogen-bond donors (Lipinski definition) is 0. The molecule has 0 aliphatic heterocycles. The standard InChI is InChI=1S/C18H37BrO7/c1-2-3-5-20-7-9-22-11-13-24-15-17-26-18-16-25-14-12-23-10-8-21-6-4-19/h2-18H2,1H3. The van der Waals surface area contributed by atoms with E-state index in [9.17, 15) is 0 Å². The van der Waals surface area contributed by atoms with Gasteiger partial charge in [0.2, 0.25) is 0 Å². The van der Waals surface area contributed by atoms with Crippen molar-refractivity contribution >= 4 is 15.9 Å². The highest BCUT2D eigenvalue weighted by atomic mass is 79.9. The Labute approximate surface area is 167 Å². The SMILES string of the molecule is CCCCOCCOCCOCCOCCOCCOCCOCCBr. The van der Waals surface area contributed by atoms with Crippen molar-refractivity contribution in [3.05, 3.63) is 0 Å². The minimum Gasteiger partial charge on any atom is -0.379 e. The summed E-state index contributed by atoms with van der Waals surface area (Å²) in [4.78, 5) is 0. The van der Waals surface area contributed by atoms with E-state index in [0.29, 0.717) is 85.9 Å². The van der Waals surface area contributed by atoms with Gasteiger partial charge in [-0.3, -0.25) is 0 Å². The molecule has 0 N–H and O–H groups in total. The molecule has 26 heavy (non-hydrogen) atoms. The molecule has 0 spiro atoms. The summed E-state index contributed by atoms with van der Waals surface area (Å²) in [5.41, 5.74) is 0. The molecule has 0 heterocycles. The second-order valence-corrected chi connectivity index (χ2v) is 6.12. The molecule has 8 heteroatoms. The Bertz CT molecular complexity index is 224. The van der Waals surface area contributed by atoms with Crippen molar-refractivity contribution in [1.82, 2.24) is 0 Å². The molecule has 0 rings (SSSR count). The van der Waals surface area contributed by atoms with Crippen LogP contribution in [0.2, 0.25) is 0 Å². The molecule has 0 unspecified atom stereocenters. The number of alkyl halides is 1. The zero-order valence-electron chi connectivity index (χ0n) is 16.3. The highest BCUT2D eigenvalue weighted by Crippen LogP contribution is 1.88. The minimum atomic E-state index is 0.559. The number of ether oxygens (including phenoxy) is 7. The smallest absolute Gasteiger partial charge is 0.0701 e. The van der Waals surface area contributed by atoms with Crippen LogP contribution in [-0.2, 0) is 33.2 Å². The molecule has 0 aliphatic carbocycles. The number of unbranched alkanes of at least 4 members (excludes halogenated alkanes) is 1. The van der Waals surface area contributed by atoms with E-state index < -0.39 is 0 Å². The van der Waals surface area contributed by atoms with Gasteiger partial charge < -0.3 is 33.2 Å². The summed E-state index contributed by atoms with van der Waals surface area (Å²) in [6.07, 6.45) is 2.26. The van der Waals surface area contributed by atoms with Gasteiger partial charge in [-0.2, -0.15) is 0 Å². The Morgan fingerprint density at radius 3 is 0.962 bits per heavy atom. The first-order valence-electron chi connectivity index (χ1n) is 9.52. The van der Waals surface area contributed by atoms with Crippen LogP contribution in [0.1, 0.15) is 19.8 Å². The number of hydrogen-bond acceptors (Lipinski definition) is 7. The predicted octanol–water partition coefficient (Wildman–Crippen LogP) is 2.30. The van der Waals surface area contributed by atoms with Gasteiger partial charge in [0.15, 0.2) is 0 Å². The molecule has 0 bridgehead atoms. The third-order valence-electron chi connectivity index (χ3n) is 3.10. The minimum absolute atomic E-state index is 0.559. The van der Waals surface area contributed by atoms with Gasteiger partial charge in [-0.05, 0) is 6.42 Å². The van der Waals surface area contributed by atoms with E-state index in [1.165, 1.54) is 0 Å². The molecular weight excluding hydrogens is 408 g/mol. The average molecular weight is 445 g/mol. The second kappa shape index (κ2) is 25.2. The lowest BCUT2D eigenvalue weighted by Crippen LogP contribution is -2.14. The normalized spacial score (nSPS) is 11.3. The van der Waals surface area contributed by atoms with E-state index in [1.807, 2.05) is 0 Å². The quantitative estimate of drug-likeness (QED) is 0.177. The molecule has 0 aliphatic rings. The van der Waals surface area contributed by atoms with Crippen LogP contribution in [0.15, 0.2) is 0 Å². The van der Waals surface area contributed by atoms with Crippen molar-refractivity contribution in [3.63, 3.8) is 0 Å². The number of rotatable bonds is 23. The first kappa shape index (κ1) is 26.2. The maximum atomic E-state index is 5.41. The lowest BCUT2D eigenvalue weighted by atomic mass is 10.4. The van der Waals surface area contributed by atoms with Crippen molar-refractivity contribution in [1.29, 1.82) is 0 Å². The summed E-state index contributed by atoms with van der Waals surface area (Å²) in [6, 6.07) is 0. The average Bonchev–Trinajstić information content (AvgIpc) is 2.66. The Kier molecular flexibility index (Phi) is 25.4. The Morgan fingerprint density at radius 2 is 0.692 bits per heavy atom. The summed E-state index contributed by atoms with van der Waals surface area (Å²) >= 11 is 3.29. The van der Waals surface area contributed by atoms with Crippen LogP contribution in [0.4, 0.5) is 0 Å².